The third-order valence-corrected chi connectivity index (χ3v) is 5.11. The van der Waals surface area contributed by atoms with Crippen LogP contribution in [-0.2, 0) is 9.59 Å². The molecule has 0 bridgehead atoms. The summed E-state index contributed by atoms with van der Waals surface area (Å²) in [4.78, 5) is 24.3. The monoisotopic (exact) mass is 333 g/mol. The van der Waals surface area contributed by atoms with Gasteiger partial charge in [-0.25, -0.2) is 0 Å². The molecule has 2 N–H and O–H groups in total. The number of aliphatic carboxylic acids is 1. The Morgan fingerprint density at radius 3 is 2.33 bits per heavy atom. The number of amides is 1. The highest BCUT2D eigenvalue weighted by Crippen LogP contribution is 2.36. The number of ether oxygens (including phenoxy) is 1. The summed E-state index contributed by atoms with van der Waals surface area (Å²) >= 11 is 0. The second-order valence-corrected chi connectivity index (χ2v) is 6.60. The molecular formula is C19H27NO4. The first-order valence-electron chi connectivity index (χ1n) is 8.67. The average molecular weight is 333 g/mol. The molecule has 1 aromatic rings. The van der Waals surface area contributed by atoms with Crippen LogP contribution in [0.1, 0.15) is 56.9 Å². The van der Waals surface area contributed by atoms with Gasteiger partial charge in [0, 0.05) is 6.54 Å². The van der Waals surface area contributed by atoms with Crippen molar-refractivity contribution in [3.05, 3.63) is 29.8 Å². The third-order valence-electron chi connectivity index (χ3n) is 5.11. The predicted octanol–water partition coefficient (Wildman–Crippen LogP) is 3.34. The normalized spacial score (nSPS) is 17.8. The van der Waals surface area contributed by atoms with Crippen molar-refractivity contribution in [2.24, 2.45) is 5.41 Å². The fourth-order valence-corrected chi connectivity index (χ4v) is 3.48. The van der Waals surface area contributed by atoms with Gasteiger partial charge in [0.2, 0.25) is 5.91 Å². The van der Waals surface area contributed by atoms with Gasteiger partial charge in [0.05, 0.1) is 18.4 Å². The number of hydrogen-bond donors (Lipinski definition) is 2. The number of carboxylic acids is 1. The largest absolute Gasteiger partial charge is 0.497 e. The zero-order valence-corrected chi connectivity index (χ0v) is 14.5. The molecule has 0 saturated heterocycles. The Morgan fingerprint density at radius 2 is 1.83 bits per heavy atom. The Balaban J connectivity index is 2.04. The van der Waals surface area contributed by atoms with Crippen LogP contribution in [0.15, 0.2) is 24.3 Å². The lowest BCUT2D eigenvalue weighted by atomic mass is 9.74. The van der Waals surface area contributed by atoms with Crippen molar-refractivity contribution in [3.63, 3.8) is 0 Å². The smallest absolute Gasteiger partial charge is 0.311 e. The van der Waals surface area contributed by atoms with Crippen molar-refractivity contribution in [1.82, 2.24) is 5.32 Å². The van der Waals surface area contributed by atoms with E-state index in [0.29, 0.717) is 19.3 Å². The molecule has 1 unspecified atom stereocenters. The van der Waals surface area contributed by atoms with Crippen molar-refractivity contribution in [1.29, 1.82) is 0 Å². The lowest BCUT2D eigenvalue weighted by molar-refractivity contribution is -0.151. The van der Waals surface area contributed by atoms with Crippen molar-refractivity contribution >= 4 is 11.9 Å². The van der Waals surface area contributed by atoms with Crippen LogP contribution in [0.25, 0.3) is 0 Å². The van der Waals surface area contributed by atoms with Gasteiger partial charge in [-0.05, 0) is 37.0 Å². The second-order valence-electron chi connectivity index (χ2n) is 6.60. The van der Waals surface area contributed by atoms with Crippen molar-refractivity contribution < 1.29 is 19.4 Å². The van der Waals surface area contributed by atoms with Gasteiger partial charge in [-0.2, -0.15) is 0 Å². The highest BCUT2D eigenvalue weighted by molar-refractivity contribution is 5.84. The summed E-state index contributed by atoms with van der Waals surface area (Å²) in [6.45, 7) is 2.18. The summed E-state index contributed by atoms with van der Waals surface area (Å²) in [7, 11) is 1.61. The number of nitrogens with one attached hydrogen (secondary N) is 1. The molecule has 0 heterocycles. The first kappa shape index (κ1) is 18.3. The highest BCUT2D eigenvalue weighted by atomic mass is 16.5. The Morgan fingerprint density at radius 1 is 1.21 bits per heavy atom. The number of benzene rings is 1. The molecule has 2 rings (SSSR count). The minimum Gasteiger partial charge on any atom is -0.497 e. The number of methoxy groups -OCH3 is 1. The van der Waals surface area contributed by atoms with E-state index in [-0.39, 0.29) is 18.4 Å². The summed E-state index contributed by atoms with van der Waals surface area (Å²) < 4.78 is 5.14. The number of carboxylic acid groups (broad SMARTS) is 1. The molecule has 0 spiro atoms. The van der Waals surface area contributed by atoms with Crippen LogP contribution in [-0.4, -0.2) is 30.6 Å². The Labute approximate surface area is 143 Å². The van der Waals surface area contributed by atoms with Crippen LogP contribution in [0.4, 0.5) is 0 Å². The van der Waals surface area contributed by atoms with Crippen LogP contribution < -0.4 is 10.1 Å². The van der Waals surface area contributed by atoms with Gasteiger partial charge < -0.3 is 15.2 Å². The maximum atomic E-state index is 12.6. The molecule has 1 saturated carbocycles. The maximum Gasteiger partial charge on any atom is 0.311 e. The first-order valence-corrected chi connectivity index (χ1v) is 8.67. The van der Waals surface area contributed by atoms with Crippen LogP contribution in [0.2, 0.25) is 0 Å². The number of hydrogen-bond acceptors (Lipinski definition) is 3. The zero-order valence-electron chi connectivity index (χ0n) is 14.5. The van der Waals surface area contributed by atoms with Crippen molar-refractivity contribution in [2.45, 2.75) is 51.4 Å². The highest BCUT2D eigenvalue weighted by Gasteiger charge is 2.40. The zero-order chi connectivity index (χ0) is 17.6. The average Bonchev–Trinajstić information content (AvgIpc) is 2.62. The Bertz CT molecular complexity index is 561. The van der Waals surface area contributed by atoms with Gasteiger partial charge >= 0.3 is 5.97 Å². The Hall–Kier alpha value is -2.04. The quantitative estimate of drug-likeness (QED) is 0.802. The van der Waals surface area contributed by atoms with E-state index in [4.69, 9.17) is 4.74 Å². The Kier molecular flexibility index (Phi) is 6.23. The molecule has 1 aromatic carbocycles. The summed E-state index contributed by atoms with van der Waals surface area (Å²) in [6.07, 6.45) is 4.85. The van der Waals surface area contributed by atoms with Gasteiger partial charge in [0.1, 0.15) is 5.75 Å². The van der Waals surface area contributed by atoms with E-state index >= 15 is 0 Å². The van der Waals surface area contributed by atoms with E-state index in [9.17, 15) is 14.7 Å². The molecule has 132 valence electrons. The van der Waals surface area contributed by atoms with Crippen molar-refractivity contribution in [2.75, 3.05) is 13.7 Å². The van der Waals surface area contributed by atoms with Gasteiger partial charge in [-0.1, -0.05) is 38.3 Å². The molecule has 1 aliphatic rings. The minimum absolute atomic E-state index is 0.103. The van der Waals surface area contributed by atoms with Crippen molar-refractivity contribution in [3.8, 4) is 5.75 Å². The maximum absolute atomic E-state index is 12.6. The molecule has 1 atom stereocenters. The summed E-state index contributed by atoms with van der Waals surface area (Å²) in [6, 6.07) is 7.45. The number of carbonyl (C=O) groups is 2. The molecule has 1 fully saturated rings. The van der Waals surface area contributed by atoms with Gasteiger partial charge in [0.15, 0.2) is 0 Å². The molecule has 0 radical (unpaired) electrons. The predicted molar refractivity (Wildman–Crippen MR) is 92.2 cm³/mol. The van der Waals surface area contributed by atoms with Crippen LogP contribution in [0.5, 0.6) is 5.75 Å². The molecule has 5 heteroatoms. The van der Waals surface area contributed by atoms with E-state index in [1.807, 2.05) is 31.2 Å². The first-order chi connectivity index (χ1) is 11.5. The lowest BCUT2D eigenvalue weighted by Gasteiger charge is -2.33. The van der Waals surface area contributed by atoms with E-state index in [0.717, 1.165) is 30.6 Å². The molecule has 1 amide bonds. The molecular weight excluding hydrogens is 306 g/mol. The van der Waals surface area contributed by atoms with Gasteiger partial charge in [-0.3, -0.25) is 9.59 Å². The molecule has 1 aliphatic carbocycles. The van der Waals surface area contributed by atoms with Crippen LogP contribution in [0.3, 0.4) is 0 Å². The second kappa shape index (κ2) is 8.18. The summed E-state index contributed by atoms with van der Waals surface area (Å²) in [5.74, 6) is -0.416. The van der Waals surface area contributed by atoms with E-state index < -0.39 is 11.4 Å². The summed E-state index contributed by atoms with van der Waals surface area (Å²) in [5, 5.41) is 12.5. The fraction of sp³-hybridized carbons (Fsp3) is 0.579. The van der Waals surface area contributed by atoms with E-state index in [1.54, 1.807) is 7.11 Å². The molecule has 5 nitrogen and oxygen atoms in total. The third kappa shape index (κ3) is 4.08. The molecule has 24 heavy (non-hydrogen) atoms. The van der Waals surface area contributed by atoms with Crippen LogP contribution >= 0.6 is 0 Å². The minimum atomic E-state index is -0.799. The standard InChI is InChI=1S/C19H27NO4/c1-3-16(14-7-9-15(24-2)10-8-14)17(21)20-13-19(18(22)23)11-5-4-6-12-19/h7-10,16H,3-6,11-13H2,1-2H3,(H,20,21)(H,22,23). The topological polar surface area (TPSA) is 75.6 Å². The SMILES string of the molecule is CCC(C(=O)NCC1(C(=O)O)CCCCC1)c1ccc(OC)cc1. The van der Waals surface area contributed by atoms with E-state index in [2.05, 4.69) is 5.32 Å². The number of rotatable bonds is 7. The molecule has 0 aliphatic heterocycles. The summed E-state index contributed by atoms with van der Waals surface area (Å²) in [5.41, 5.74) is 0.121. The van der Waals surface area contributed by atoms with Crippen LogP contribution in [0, 0.1) is 5.41 Å². The van der Waals surface area contributed by atoms with Gasteiger partial charge in [0.25, 0.3) is 0 Å². The lowest BCUT2D eigenvalue weighted by Crippen LogP contribution is -2.45. The molecule has 0 aromatic heterocycles. The fourth-order valence-electron chi connectivity index (χ4n) is 3.48. The number of carbonyl (C=O) groups excluding carboxylic acids is 1. The van der Waals surface area contributed by atoms with Gasteiger partial charge in [-0.15, -0.1) is 0 Å². The van der Waals surface area contributed by atoms with E-state index in [1.165, 1.54) is 0 Å².